The van der Waals surface area contributed by atoms with Crippen molar-refractivity contribution in [2.24, 2.45) is 0 Å². The van der Waals surface area contributed by atoms with Gasteiger partial charge in [-0.05, 0) is 31.5 Å². The zero-order valence-electron chi connectivity index (χ0n) is 15.7. The minimum Gasteiger partial charge on any atom is -0.492 e. The summed E-state index contributed by atoms with van der Waals surface area (Å²) >= 11 is 2.83. The van der Waals surface area contributed by atoms with Gasteiger partial charge in [-0.1, -0.05) is 65.6 Å². The lowest BCUT2D eigenvalue weighted by Gasteiger charge is -2.17. The standard InChI is InChI=1S/C20H22N4O2S2/c1-3-21-19-23-24-20(28-19)27-17(14-10-6-5-7-11-14)18(25)22-15-12-8-9-13-16(15)26-4-2/h5-13,17H,3-4H2,1-2H3,(H,21,23)(H,22,25). The van der Waals surface area contributed by atoms with Gasteiger partial charge in [-0.25, -0.2) is 0 Å². The highest BCUT2D eigenvalue weighted by Crippen LogP contribution is 2.39. The predicted octanol–water partition coefficient (Wildman–Crippen LogP) is 4.84. The maximum absolute atomic E-state index is 13.2. The number of aromatic nitrogens is 2. The molecule has 0 aliphatic rings. The van der Waals surface area contributed by atoms with Crippen LogP contribution in [0, 0.1) is 0 Å². The van der Waals surface area contributed by atoms with Crippen molar-refractivity contribution in [3.8, 4) is 5.75 Å². The molecule has 2 N–H and O–H groups in total. The monoisotopic (exact) mass is 414 g/mol. The number of amides is 1. The van der Waals surface area contributed by atoms with Crippen LogP contribution in [0.15, 0.2) is 58.9 Å². The van der Waals surface area contributed by atoms with Crippen LogP contribution in [0.3, 0.4) is 0 Å². The van der Waals surface area contributed by atoms with Crippen LogP contribution in [0.4, 0.5) is 10.8 Å². The summed E-state index contributed by atoms with van der Waals surface area (Å²) in [5.74, 6) is 0.518. The largest absolute Gasteiger partial charge is 0.492 e. The molecule has 0 spiro atoms. The third kappa shape index (κ3) is 5.24. The van der Waals surface area contributed by atoms with Gasteiger partial charge < -0.3 is 15.4 Å². The number of anilines is 2. The Balaban J connectivity index is 1.83. The Hall–Kier alpha value is -2.58. The highest BCUT2D eigenvalue weighted by molar-refractivity contribution is 8.02. The molecule has 146 valence electrons. The Morgan fingerprint density at radius 3 is 2.61 bits per heavy atom. The van der Waals surface area contributed by atoms with E-state index in [9.17, 15) is 4.79 Å². The van der Waals surface area contributed by atoms with Gasteiger partial charge in [0.25, 0.3) is 0 Å². The van der Waals surface area contributed by atoms with E-state index in [2.05, 4.69) is 20.8 Å². The van der Waals surface area contributed by atoms with Crippen LogP contribution >= 0.6 is 23.1 Å². The minimum atomic E-state index is -0.460. The fourth-order valence-corrected chi connectivity index (χ4v) is 4.54. The summed E-state index contributed by atoms with van der Waals surface area (Å²) in [5.41, 5.74) is 1.56. The number of carbonyl (C=O) groups is 1. The van der Waals surface area contributed by atoms with Gasteiger partial charge in [-0.15, -0.1) is 10.2 Å². The number of hydrogen-bond acceptors (Lipinski definition) is 7. The zero-order valence-corrected chi connectivity index (χ0v) is 17.3. The molecule has 1 unspecified atom stereocenters. The van der Waals surface area contributed by atoms with Crippen molar-refractivity contribution in [3.05, 3.63) is 60.2 Å². The number of benzene rings is 2. The molecule has 1 heterocycles. The van der Waals surface area contributed by atoms with E-state index in [0.717, 1.165) is 21.6 Å². The smallest absolute Gasteiger partial charge is 0.242 e. The summed E-state index contributed by atoms with van der Waals surface area (Å²) in [4.78, 5) is 13.2. The third-order valence-electron chi connectivity index (χ3n) is 3.74. The number of ether oxygens (including phenoxy) is 1. The molecule has 0 saturated heterocycles. The molecule has 0 saturated carbocycles. The van der Waals surface area contributed by atoms with Gasteiger partial charge in [0.2, 0.25) is 11.0 Å². The third-order valence-corrected chi connectivity index (χ3v) is 5.96. The average molecular weight is 415 g/mol. The van der Waals surface area contributed by atoms with E-state index in [0.29, 0.717) is 18.0 Å². The predicted molar refractivity (Wildman–Crippen MR) is 115 cm³/mol. The lowest BCUT2D eigenvalue weighted by Crippen LogP contribution is -2.19. The van der Waals surface area contributed by atoms with Crippen LogP contribution in [0.2, 0.25) is 0 Å². The fraction of sp³-hybridized carbons (Fsp3) is 0.250. The van der Waals surface area contributed by atoms with E-state index in [4.69, 9.17) is 4.74 Å². The molecule has 0 radical (unpaired) electrons. The quantitative estimate of drug-likeness (QED) is 0.488. The van der Waals surface area contributed by atoms with Crippen LogP contribution in [0.25, 0.3) is 0 Å². The Labute approximate surface area is 172 Å². The van der Waals surface area contributed by atoms with Gasteiger partial charge in [0.05, 0.1) is 12.3 Å². The molecular weight excluding hydrogens is 392 g/mol. The second kappa shape index (κ2) is 10.1. The maximum Gasteiger partial charge on any atom is 0.242 e. The van der Waals surface area contributed by atoms with Gasteiger partial charge in [0.15, 0.2) is 4.34 Å². The molecule has 0 aliphatic heterocycles. The van der Waals surface area contributed by atoms with Crippen molar-refractivity contribution in [1.29, 1.82) is 0 Å². The second-order valence-corrected chi connectivity index (χ2v) is 8.06. The first-order valence-corrected chi connectivity index (χ1v) is 10.7. The average Bonchev–Trinajstić information content (AvgIpc) is 3.16. The molecule has 0 fully saturated rings. The van der Waals surface area contributed by atoms with Crippen molar-refractivity contribution in [3.63, 3.8) is 0 Å². The van der Waals surface area contributed by atoms with E-state index < -0.39 is 5.25 Å². The minimum absolute atomic E-state index is 0.136. The molecule has 0 bridgehead atoms. The number of nitrogens with zero attached hydrogens (tertiary/aromatic N) is 2. The second-order valence-electron chi connectivity index (χ2n) is 5.73. The lowest BCUT2D eigenvalue weighted by molar-refractivity contribution is -0.115. The molecule has 1 aromatic heterocycles. The highest BCUT2D eigenvalue weighted by Gasteiger charge is 2.25. The molecule has 6 nitrogen and oxygen atoms in total. The van der Waals surface area contributed by atoms with Crippen molar-refractivity contribution < 1.29 is 9.53 Å². The van der Waals surface area contributed by atoms with Crippen LogP contribution in [0.1, 0.15) is 24.7 Å². The Kier molecular flexibility index (Phi) is 7.27. The van der Waals surface area contributed by atoms with Crippen LogP contribution in [-0.2, 0) is 4.79 Å². The molecule has 28 heavy (non-hydrogen) atoms. The number of carbonyl (C=O) groups excluding carboxylic acids is 1. The summed E-state index contributed by atoms with van der Waals surface area (Å²) in [7, 11) is 0. The van der Waals surface area contributed by atoms with Crippen molar-refractivity contribution >= 4 is 39.8 Å². The van der Waals surface area contributed by atoms with Gasteiger partial charge in [0.1, 0.15) is 11.0 Å². The molecule has 1 amide bonds. The number of nitrogens with one attached hydrogen (secondary N) is 2. The Morgan fingerprint density at radius 1 is 1.11 bits per heavy atom. The molecule has 3 rings (SSSR count). The topological polar surface area (TPSA) is 76.1 Å². The highest BCUT2D eigenvalue weighted by atomic mass is 32.2. The van der Waals surface area contributed by atoms with E-state index in [-0.39, 0.29) is 5.91 Å². The first-order chi connectivity index (χ1) is 13.7. The summed E-state index contributed by atoms with van der Waals surface area (Å²) in [6.45, 7) is 5.22. The van der Waals surface area contributed by atoms with Gasteiger partial charge in [-0.2, -0.15) is 0 Å². The van der Waals surface area contributed by atoms with E-state index in [1.807, 2.05) is 68.4 Å². The van der Waals surface area contributed by atoms with Crippen LogP contribution < -0.4 is 15.4 Å². The molecule has 2 aromatic carbocycles. The van der Waals surface area contributed by atoms with Crippen LogP contribution in [0.5, 0.6) is 5.75 Å². The number of rotatable bonds is 9. The normalized spacial score (nSPS) is 11.6. The summed E-state index contributed by atoms with van der Waals surface area (Å²) in [6, 6.07) is 17.1. The molecule has 1 atom stereocenters. The van der Waals surface area contributed by atoms with Crippen molar-refractivity contribution in [1.82, 2.24) is 10.2 Å². The number of para-hydroxylation sites is 2. The summed E-state index contributed by atoms with van der Waals surface area (Å²) < 4.78 is 6.36. The first kappa shape index (κ1) is 20.2. The summed E-state index contributed by atoms with van der Waals surface area (Å²) in [5, 5.41) is 14.8. The Bertz CT molecular complexity index is 902. The lowest BCUT2D eigenvalue weighted by atomic mass is 10.1. The van der Waals surface area contributed by atoms with Crippen molar-refractivity contribution in [2.75, 3.05) is 23.8 Å². The first-order valence-electron chi connectivity index (χ1n) is 9.03. The molecule has 3 aromatic rings. The Morgan fingerprint density at radius 2 is 1.86 bits per heavy atom. The van der Waals surface area contributed by atoms with E-state index in [1.54, 1.807) is 0 Å². The van der Waals surface area contributed by atoms with E-state index in [1.165, 1.54) is 23.1 Å². The zero-order chi connectivity index (χ0) is 19.8. The van der Waals surface area contributed by atoms with E-state index >= 15 is 0 Å². The van der Waals surface area contributed by atoms with Gasteiger partial charge in [0, 0.05) is 6.54 Å². The van der Waals surface area contributed by atoms with Crippen LogP contribution in [-0.4, -0.2) is 29.3 Å². The number of thioether (sulfide) groups is 1. The molecule has 0 aliphatic carbocycles. The molecule has 8 heteroatoms. The number of hydrogen-bond donors (Lipinski definition) is 2. The fourth-order valence-electron chi connectivity index (χ4n) is 2.53. The SMILES string of the molecule is CCNc1nnc(SC(C(=O)Nc2ccccc2OCC)c2ccccc2)s1. The summed E-state index contributed by atoms with van der Waals surface area (Å²) in [6.07, 6.45) is 0. The molecular formula is C20H22N4O2S2. The van der Waals surface area contributed by atoms with Gasteiger partial charge in [-0.3, -0.25) is 4.79 Å². The maximum atomic E-state index is 13.2. The van der Waals surface area contributed by atoms with Crippen molar-refractivity contribution in [2.45, 2.75) is 23.4 Å². The van der Waals surface area contributed by atoms with Gasteiger partial charge >= 0.3 is 0 Å².